The number of aromatic nitrogens is 2. The number of hydroxylamine groups is 1. The first kappa shape index (κ1) is 16.3. The molecule has 2 aromatic rings. The Hall–Kier alpha value is -2.52. The first-order valence-corrected chi connectivity index (χ1v) is 8.37. The Kier molecular flexibility index (Phi) is 5.02. The molecule has 126 valence electrons. The molecule has 8 nitrogen and oxygen atoms in total. The van der Waals surface area contributed by atoms with E-state index in [1.54, 1.807) is 16.8 Å². The van der Waals surface area contributed by atoms with Gasteiger partial charge < -0.3 is 9.80 Å². The van der Waals surface area contributed by atoms with Crippen LogP contribution in [0.25, 0.3) is 0 Å². The van der Waals surface area contributed by atoms with Crippen LogP contribution in [0.15, 0.2) is 29.9 Å². The number of carbonyl (C=O) groups excluding carboxylic acids is 2. The average Bonchev–Trinajstić information content (AvgIpc) is 3.14. The van der Waals surface area contributed by atoms with E-state index < -0.39 is 5.91 Å². The molecule has 1 saturated heterocycles. The van der Waals surface area contributed by atoms with Crippen LogP contribution in [0.3, 0.4) is 0 Å². The van der Waals surface area contributed by atoms with Gasteiger partial charge in [-0.25, -0.2) is 15.4 Å². The van der Waals surface area contributed by atoms with Crippen LogP contribution in [0.1, 0.15) is 15.2 Å². The third-order valence-corrected chi connectivity index (χ3v) is 4.70. The Morgan fingerprint density at radius 1 is 1.21 bits per heavy atom. The monoisotopic (exact) mass is 347 g/mol. The highest BCUT2D eigenvalue weighted by Gasteiger charge is 2.23. The fraction of sp³-hybridized carbons (Fsp3) is 0.333. The molecule has 0 aromatic carbocycles. The topological polar surface area (TPSA) is 98.7 Å². The number of nitrogens with zero attached hydrogens (tertiary/aromatic N) is 4. The molecule has 0 bridgehead atoms. The van der Waals surface area contributed by atoms with Crippen LogP contribution < -0.4 is 10.4 Å². The molecule has 0 atom stereocenters. The minimum absolute atomic E-state index is 0.132. The molecule has 1 fully saturated rings. The van der Waals surface area contributed by atoms with Gasteiger partial charge in [0.1, 0.15) is 0 Å². The summed E-state index contributed by atoms with van der Waals surface area (Å²) in [5, 5.41) is 10.5. The highest BCUT2D eigenvalue weighted by Crippen LogP contribution is 2.14. The van der Waals surface area contributed by atoms with E-state index in [2.05, 4.69) is 9.97 Å². The van der Waals surface area contributed by atoms with E-state index in [4.69, 9.17) is 5.21 Å². The van der Waals surface area contributed by atoms with Crippen molar-refractivity contribution in [1.29, 1.82) is 0 Å². The molecule has 2 aromatic heterocycles. The molecule has 0 aliphatic carbocycles. The fourth-order valence-corrected chi connectivity index (χ4v) is 3.19. The number of anilines is 1. The Balaban J connectivity index is 1.54. The third-order valence-electron chi connectivity index (χ3n) is 3.82. The second-order valence-corrected chi connectivity index (χ2v) is 6.37. The van der Waals surface area contributed by atoms with Gasteiger partial charge in [-0.15, -0.1) is 11.3 Å². The summed E-state index contributed by atoms with van der Waals surface area (Å²) in [6.45, 7) is 2.52. The van der Waals surface area contributed by atoms with E-state index in [9.17, 15) is 9.59 Å². The van der Waals surface area contributed by atoms with E-state index in [-0.39, 0.29) is 11.5 Å². The van der Waals surface area contributed by atoms with Crippen LogP contribution in [-0.2, 0) is 11.2 Å². The Morgan fingerprint density at radius 3 is 2.50 bits per heavy atom. The normalized spacial score (nSPS) is 14.5. The molecule has 2 amide bonds. The number of rotatable bonds is 4. The molecule has 24 heavy (non-hydrogen) atoms. The van der Waals surface area contributed by atoms with Crippen molar-refractivity contribution >= 4 is 29.1 Å². The van der Waals surface area contributed by atoms with Crippen molar-refractivity contribution in [2.24, 2.45) is 0 Å². The molecule has 1 aliphatic rings. The van der Waals surface area contributed by atoms with E-state index in [1.165, 1.54) is 12.4 Å². The number of nitrogens with one attached hydrogen (secondary N) is 1. The lowest BCUT2D eigenvalue weighted by atomic mass is 10.2. The van der Waals surface area contributed by atoms with Crippen LogP contribution in [-0.4, -0.2) is 58.1 Å². The lowest BCUT2D eigenvalue weighted by Gasteiger charge is -2.34. The maximum atomic E-state index is 12.3. The Labute approximate surface area is 142 Å². The van der Waals surface area contributed by atoms with Gasteiger partial charge in [-0.2, -0.15) is 0 Å². The predicted molar refractivity (Wildman–Crippen MR) is 88.1 cm³/mol. The standard InChI is InChI=1S/C15H17N5O3S/c21-13(8-12-2-1-7-24-12)19-3-5-20(6-4-19)15-16-9-11(10-17-15)14(22)18-23/h1-2,7,9-10,23H,3-6,8H2,(H,18,22). The van der Waals surface area contributed by atoms with Crippen LogP contribution in [0.4, 0.5) is 5.95 Å². The number of hydrogen-bond donors (Lipinski definition) is 2. The van der Waals surface area contributed by atoms with Crippen molar-refractivity contribution in [1.82, 2.24) is 20.3 Å². The van der Waals surface area contributed by atoms with Gasteiger partial charge in [-0.3, -0.25) is 14.8 Å². The predicted octanol–water partition coefficient (Wildman–Crippen LogP) is 0.548. The number of amides is 2. The van der Waals surface area contributed by atoms with Crippen molar-refractivity contribution in [3.63, 3.8) is 0 Å². The van der Waals surface area contributed by atoms with E-state index in [0.29, 0.717) is 38.5 Å². The van der Waals surface area contributed by atoms with E-state index in [1.807, 2.05) is 27.3 Å². The van der Waals surface area contributed by atoms with Gasteiger partial charge in [0, 0.05) is 43.4 Å². The molecule has 0 radical (unpaired) electrons. The van der Waals surface area contributed by atoms with Crippen LogP contribution >= 0.6 is 11.3 Å². The number of hydrogen-bond acceptors (Lipinski definition) is 7. The Morgan fingerprint density at radius 2 is 1.92 bits per heavy atom. The number of carbonyl (C=O) groups is 2. The van der Waals surface area contributed by atoms with Crippen molar-refractivity contribution in [3.05, 3.63) is 40.3 Å². The molecular weight excluding hydrogens is 330 g/mol. The summed E-state index contributed by atoms with van der Waals surface area (Å²) in [7, 11) is 0. The fourth-order valence-electron chi connectivity index (χ4n) is 2.50. The molecule has 0 unspecified atom stereocenters. The minimum atomic E-state index is -0.648. The molecule has 1 aliphatic heterocycles. The third kappa shape index (κ3) is 3.69. The first-order chi connectivity index (χ1) is 11.7. The first-order valence-electron chi connectivity index (χ1n) is 7.49. The maximum Gasteiger partial charge on any atom is 0.277 e. The number of thiophene rings is 1. The summed E-state index contributed by atoms with van der Waals surface area (Å²) >= 11 is 1.59. The minimum Gasteiger partial charge on any atom is -0.339 e. The summed E-state index contributed by atoms with van der Waals surface area (Å²) in [6.07, 6.45) is 3.17. The lowest BCUT2D eigenvalue weighted by Crippen LogP contribution is -2.49. The second kappa shape index (κ2) is 7.37. The molecule has 3 rings (SSSR count). The van der Waals surface area contributed by atoms with Crippen molar-refractivity contribution in [2.75, 3.05) is 31.1 Å². The van der Waals surface area contributed by atoms with Crippen LogP contribution in [0.2, 0.25) is 0 Å². The average molecular weight is 347 g/mol. The van der Waals surface area contributed by atoms with Gasteiger partial charge >= 0.3 is 0 Å². The zero-order chi connectivity index (χ0) is 16.9. The molecule has 9 heteroatoms. The van der Waals surface area contributed by atoms with Crippen LogP contribution in [0.5, 0.6) is 0 Å². The molecule has 0 saturated carbocycles. The molecular formula is C15H17N5O3S. The van der Waals surface area contributed by atoms with E-state index >= 15 is 0 Å². The summed E-state index contributed by atoms with van der Waals surface area (Å²) < 4.78 is 0. The summed E-state index contributed by atoms with van der Waals surface area (Å²) in [6, 6.07) is 3.92. The van der Waals surface area contributed by atoms with Gasteiger partial charge in [-0.05, 0) is 11.4 Å². The van der Waals surface area contributed by atoms with Gasteiger partial charge in [0.15, 0.2) is 0 Å². The van der Waals surface area contributed by atoms with Crippen LogP contribution in [0, 0.1) is 0 Å². The van der Waals surface area contributed by atoms with Crippen molar-refractivity contribution < 1.29 is 14.8 Å². The van der Waals surface area contributed by atoms with Gasteiger partial charge in [-0.1, -0.05) is 6.07 Å². The highest BCUT2D eigenvalue weighted by molar-refractivity contribution is 7.10. The zero-order valence-electron chi connectivity index (χ0n) is 12.9. The second-order valence-electron chi connectivity index (χ2n) is 5.34. The lowest BCUT2D eigenvalue weighted by molar-refractivity contribution is -0.130. The quantitative estimate of drug-likeness (QED) is 0.619. The Bertz CT molecular complexity index is 696. The maximum absolute atomic E-state index is 12.3. The van der Waals surface area contributed by atoms with E-state index in [0.717, 1.165) is 4.88 Å². The molecule has 3 heterocycles. The van der Waals surface area contributed by atoms with Crippen molar-refractivity contribution in [3.8, 4) is 0 Å². The largest absolute Gasteiger partial charge is 0.339 e. The summed E-state index contributed by atoms with van der Waals surface area (Å²) in [4.78, 5) is 36.7. The van der Waals surface area contributed by atoms with Gasteiger partial charge in [0.05, 0.1) is 12.0 Å². The molecule has 2 N–H and O–H groups in total. The summed E-state index contributed by atoms with van der Waals surface area (Å²) in [5.74, 6) is -0.00614. The smallest absolute Gasteiger partial charge is 0.277 e. The molecule has 0 spiro atoms. The highest BCUT2D eigenvalue weighted by atomic mass is 32.1. The summed E-state index contributed by atoms with van der Waals surface area (Å²) in [5.41, 5.74) is 1.73. The number of piperazine rings is 1. The van der Waals surface area contributed by atoms with Gasteiger partial charge in [0.2, 0.25) is 11.9 Å². The van der Waals surface area contributed by atoms with Gasteiger partial charge in [0.25, 0.3) is 5.91 Å². The SMILES string of the molecule is O=C(NO)c1cnc(N2CCN(C(=O)Cc3cccs3)CC2)nc1. The zero-order valence-corrected chi connectivity index (χ0v) is 13.7. The van der Waals surface area contributed by atoms with Crippen molar-refractivity contribution in [2.45, 2.75) is 6.42 Å².